The zero-order valence-corrected chi connectivity index (χ0v) is 16.5. The molecule has 0 unspecified atom stereocenters. The standard InChI is InChI=1S/C20H24N6S/c1-3-19-24-25-20(27-19)23-18-12-21-11-16(22-18)17-8-5-9-26(17)13-15-7-4-6-14(2)10-15/h4,6-7,10-12,17H,3,5,8-9,13H2,1-2H3,(H,22,23,25)/t17-/m0/s1. The fourth-order valence-electron chi connectivity index (χ4n) is 3.55. The van der Waals surface area contributed by atoms with Crippen LogP contribution in [0.2, 0.25) is 0 Å². The molecule has 1 aromatic carbocycles. The van der Waals surface area contributed by atoms with Crippen LogP contribution in [0.25, 0.3) is 0 Å². The lowest BCUT2D eigenvalue weighted by Gasteiger charge is -2.24. The summed E-state index contributed by atoms with van der Waals surface area (Å²) in [7, 11) is 0. The molecule has 6 nitrogen and oxygen atoms in total. The Bertz CT molecular complexity index is 909. The highest BCUT2D eigenvalue weighted by Crippen LogP contribution is 2.32. The largest absolute Gasteiger partial charge is 0.313 e. The molecular weight excluding hydrogens is 356 g/mol. The Balaban J connectivity index is 1.50. The Hall–Kier alpha value is -2.38. The van der Waals surface area contributed by atoms with Crippen molar-refractivity contribution in [2.24, 2.45) is 0 Å². The average molecular weight is 381 g/mol. The third kappa shape index (κ3) is 4.31. The number of rotatable bonds is 6. The highest BCUT2D eigenvalue weighted by molar-refractivity contribution is 7.15. The molecule has 0 radical (unpaired) electrons. The van der Waals surface area contributed by atoms with Gasteiger partial charge in [-0.2, -0.15) is 0 Å². The van der Waals surface area contributed by atoms with Crippen LogP contribution in [-0.2, 0) is 13.0 Å². The summed E-state index contributed by atoms with van der Waals surface area (Å²) in [5.41, 5.74) is 3.67. The fourth-order valence-corrected chi connectivity index (χ4v) is 4.24. The lowest BCUT2D eigenvalue weighted by atomic mass is 10.1. The first kappa shape index (κ1) is 18.0. The molecule has 3 heterocycles. The van der Waals surface area contributed by atoms with Gasteiger partial charge in [-0.25, -0.2) is 4.98 Å². The van der Waals surface area contributed by atoms with Crippen LogP contribution in [0.5, 0.6) is 0 Å². The van der Waals surface area contributed by atoms with Gasteiger partial charge in [-0.05, 0) is 38.3 Å². The molecular formula is C20H24N6S. The van der Waals surface area contributed by atoms with Gasteiger partial charge in [-0.3, -0.25) is 9.88 Å². The van der Waals surface area contributed by atoms with E-state index in [9.17, 15) is 0 Å². The van der Waals surface area contributed by atoms with E-state index in [0.29, 0.717) is 6.04 Å². The normalized spacial score (nSPS) is 17.3. The number of nitrogens with one attached hydrogen (secondary N) is 1. The topological polar surface area (TPSA) is 66.8 Å². The van der Waals surface area contributed by atoms with Crippen molar-refractivity contribution in [3.8, 4) is 0 Å². The first-order valence-corrected chi connectivity index (χ1v) is 10.2. The molecule has 4 rings (SSSR count). The van der Waals surface area contributed by atoms with Crippen molar-refractivity contribution in [3.63, 3.8) is 0 Å². The van der Waals surface area contributed by atoms with Crippen LogP contribution in [0.15, 0.2) is 36.7 Å². The van der Waals surface area contributed by atoms with E-state index in [4.69, 9.17) is 4.98 Å². The van der Waals surface area contributed by atoms with Gasteiger partial charge in [0.2, 0.25) is 5.13 Å². The minimum Gasteiger partial charge on any atom is -0.313 e. The maximum absolute atomic E-state index is 4.82. The van der Waals surface area contributed by atoms with Crippen LogP contribution in [0.3, 0.4) is 0 Å². The molecule has 0 aliphatic carbocycles. The lowest BCUT2D eigenvalue weighted by Crippen LogP contribution is -2.23. The van der Waals surface area contributed by atoms with E-state index >= 15 is 0 Å². The number of aromatic nitrogens is 4. The number of nitrogens with zero attached hydrogens (tertiary/aromatic N) is 5. The Morgan fingerprint density at radius 3 is 3.00 bits per heavy atom. The van der Waals surface area contributed by atoms with E-state index in [0.717, 1.165) is 47.6 Å². The predicted molar refractivity (Wildman–Crippen MR) is 108 cm³/mol. The first-order chi connectivity index (χ1) is 13.2. The molecule has 1 fully saturated rings. The summed E-state index contributed by atoms with van der Waals surface area (Å²) in [6.45, 7) is 6.26. The van der Waals surface area contributed by atoms with Gasteiger partial charge >= 0.3 is 0 Å². The van der Waals surface area contributed by atoms with Crippen molar-refractivity contribution in [3.05, 3.63) is 58.5 Å². The van der Waals surface area contributed by atoms with Crippen molar-refractivity contribution in [1.29, 1.82) is 0 Å². The Labute approximate surface area is 163 Å². The molecule has 0 bridgehead atoms. The quantitative estimate of drug-likeness (QED) is 0.688. The van der Waals surface area contributed by atoms with Gasteiger partial charge in [0.15, 0.2) is 5.82 Å². The van der Waals surface area contributed by atoms with Gasteiger partial charge in [0.1, 0.15) is 5.01 Å². The molecule has 1 aliphatic rings. The third-order valence-electron chi connectivity index (χ3n) is 4.83. The summed E-state index contributed by atoms with van der Waals surface area (Å²) in [4.78, 5) is 11.7. The number of benzene rings is 1. The summed E-state index contributed by atoms with van der Waals surface area (Å²) >= 11 is 1.56. The highest BCUT2D eigenvalue weighted by atomic mass is 32.1. The van der Waals surface area contributed by atoms with Crippen LogP contribution in [-0.4, -0.2) is 31.6 Å². The molecule has 0 spiro atoms. The first-order valence-electron chi connectivity index (χ1n) is 9.42. The van der Waals surface area contributed by atoms with Crippen LogP contribution in [0.4, 0.5) is 10.9 Å². The molecule has 140 valence electrons. The zero-order chi connectivity index (χ0) is 18.6. The Morgan fingerprint density at radius 1 is 1.26 bits per heavy atom. The molecule has 1 saturated heterocycles. The third-order valence-corrected chi connectivity index (χ3v) is 5.81. The molecule has 1 atom stereocenters. The molecule has 7 heteroatoms. The SMILES string of the molecule is CCc1nnc(Nc2cncc([C@@H]3CCCN3Cc3cccc(C)c3)n2)s1. The summed E-state index contributed by atoms with van der Waals surface area (Å²) in [5, 5.41) is 13.3. The molecule has 0 amide bonds. The van der Waals surface area contributed by atoms with Gasteiger partial charge in [-0.1, -0.05) is 48.1 Å². The number of anilines is 2. The number of aryl methyl sites for hydroxylation is 2. The predicted octanol–water partition coefficient (Wildman–Crippen LogP) is 4.28. The molecule has 1 N–H and O–H groups in total. The minimum atomic E-state index is 0.306. The second-order valence-electron chi connectivity index (χ2n) is 6.93. The van der Waals surface area contributed by atoms with Crippen LogP contribution in [0, 0.1) is 6.92 Å². The van der Waals surface area contributed by atoms with Gasteiger partial charge < -0.3 is 5.32 Å². The molecule has 27 heavy (non-hydrogen) atoms. The lowest BCUT2D eigenvalue weighted by molar-refractivity contribution is 0.244. The second kappa shape index (κ2) is 8.10. The number of hydrogen-bond donors (Lipinski definition) is 1. The summed E-state index contributed by atoms with van der Waals surface area (Å²) in [6.07, 6.45) is 6.83. The summed E-state index contributed by atoms with van der Waals surface area (Å²) in [6, 6.07) is 9.04. The average Bonchev–Trinajstić information content (AvgIpc) is 3.31. The minimum absolute atomic E-state index is 0.306. The van der Waals surface area contributed by atoms with Crippen LogP contribution < -0.4 is 5.32 Å². The molecule has 3 aromatic rings. The smallest absolute Gasteiger partial charge is 0.211 e. The summed E-state index contributed by atoms with van der Waals surface area (Å²) in [5.74, 6) is 0.730. The number of hydrogen-bond acceptors (Lipinski definition) is 7. The maximum Gasteiger partial charge on any atom is 0.211 e. The Kier molecular flexibility index (Phi) is 5.40. The van der Waals surface area contributed by atoms with Crippen molar-refractivity contribution in [1.82, 2.24) is 25.1 Å². The van der Waals surface area contributed by atoms with Gasteiger partial charge in [0.25, 0.3) is 0 Å². The highest BCUT2D eigenvalue weighted by Gasteiger charge is 2.27. The van der Waals surface area contributed by atoms with E-state index in [-0.39, 0.29) is 0 Å². The number of likely N-dealkylation sites (tertiary alicyclic amines) is 1. The fraction of sp³-hybridized carbons (Fsp3) is 0.400. The second-order valence-corrected chi connectivity index (χ2v) is 7.99. The zero-order valence-electron chi connectivity index (χ0n) is 15.7. The van der Waals surface area contributed by atoms with Crippen molar-refractivity contribution < 1.29 is 0 Å². The van der Waals surface area contributed by atoms with Gasteiger partial charge in [-0.15, -0.1) is 10.2 Å². The van der Waals surface area contributed by atoms with E-state index in [1.165, 1.54) is 17.5 Å². The van der Waals surface area contributed by atoms with Crippen molar-refractivity contribution >= 4 is 22.3 Å². The van der Waals surface area contributed by atoms with Crippen LogP contribution >= 0.6 is 11.3 Å². The molecule has 2 aromatic heterocycles. The van der Waals surface area contributed by atoms with Gasteiger partial charge in [0, 0.05) is 6.54 Å². The van der Waals surface area contributed by atoms with E-state index in [2.05, 4.69) is 63.5 Å². The van der Waals surface area contributed by atoms with E-state index in [1.54, 1.807) is 17.5 Å². The van der Waals surface area contributed by atoms with Gasteiger partial charge in [0.05, 0.1) is 24.1 Å². The molecule has 0 saturated carbocycles. The Morgan fingerprint density at radius 2 is 2.19 bits per heavy atom. The monoisotopic (exact) mass is 380 g/mol. The maximum atomic E-state index is 4.82. The van der Waals surface area contributed by atoms with Crippen LogP contribution in [0.1, 0.15) is 47.6 Å². The van der Waals surface area contributed by atoms with Crippen molar-refractivity contribution in [2.75, 3.05) is 11.9 Å². The van der Waals surface area contributed by atoms with E-state index in [1.807, 2.05) is 6.20 Å². The molecule has 1 aliphatic heterocycles. The summed E-state index contributed by atoms with van der Waals surface area (Å²) < 4.78 is 0. The van der Waals surface area contributed by atoms with Crippen molar-refractivity contribution in [2.45, 2.75) is 45.7 Å². The van der Waals surface area contributed by atoms with E-state index < -0.39 is 0 Å².